The van der Waals surface area contributed by atoms with E-state index in [0.717, 1.165) is 49.4 Å². The molecule has 154 valence electrons. The van der Waals surface area contributed by atoms with E-state index in [1.165, 1.54) is 48.6 Å². The number of ether oxygens (including phenoxy) is 1. The molecule has 1 saturated heterocycles. The zero-order chi connectivity index (χ0) is 19.8. The number of piperidine rings is 1. The summed E-state index contributed by atoms with van der Waals surface area (Å²) < 4.78 is 13.0. The van der Waals surface area contributed by atoms with Crippen molar-refractivity contribution in [2.75, 3.05) is 20.2 Å². The second-order valence-electron chi connectivity index (χ2n) is 8.73. The van der Waals surface area contributed by atoms with Gasteiger partial charge < -0.3 is 13.8 Å². The molecule has 6 nitrogen and oxygen atoms in total. The van der Waals surface area contributed by atoms with Gasteiger partial charge in [0.05, 0.1) is 7.11 Å². The largest absolute Gasteiger partial charge is 0.497 e. The zero-order valence-electron chi connectivity index (χ0n) is 17.4. The summed E-state index contributed by atoms with van der Waals surface area (Å²) in [6.45, 7) is 3.32. The predicted octanol–water partition coefficient (Wildman–Crippen LogP) is 4.29. The number of nitrogens with zero attached hydrogens (tertiary/aromatic N) is 4. The molecule has 0 spiro atoms. The Morgan fingerprint density at radius 1 is 1.17 bits per heavy atom. The molecular formula is C23H30N4O2. The van der Waals surface area contributed by atoms with E-state index >= 15 is 0 Å². The monoisotopic (exact) mass is 394 g/mol. The third-order valence-electron chi connectivity index (χ3n) is 6.57. The first-order chi connectivity index (χ1) is 14.2. The first-order valence-electron chi connectivity index (χ1n) is 10.9. The van der Waals surface area contributed by atoms with Crippen molar-refractivity contribution in [2.45, 2.75) is 51.0 Å². The summed E-state index contributed by atoms with van der Waals surface area (Å²) in [4.78, 5) is 7.16. The summed E-state index contributed by atoms with van der Waals surface area (Å²) >= 11 is 0. The summed E-state index contributed by atoms with van der Waals surface area (Å²) in [6.07, 6.45) is 9.31. The molecule has 2 aromatic heterocycles. The molecule has 0 atom stereocenters. The van der Waals surface area contributed by atoms with Gasteiger partial charge in [-0.3, -0.25) is 4.90 Å². The Kier molecular flexibility index (Phi) is 5.04. The number of hydrogen-bond donors (Lipinski definition) is 0. The number of fused-ring (bicyclic) bond motifs is 1. The molecule has 0 radical (unpaired) electrons. The Bertz CT molecular complexity index is 980. The molecule has 2 fully saturated rings. The van der Waals surface area contributed by atoms with Crippen molar-refractivity contribution in [2.24, 2.45) is 13.0 Å². The molecule has 0 amide bonds. The maximum Gasteiger partial charge on any atom is 0.229 e. The van der Waals surface area contributed by atoms with E-state index in [1.807, 2.05) is 6.07 Å². The van der Waals surface area contributed by atoms with Crippen LogP contribution >= 0.6 is 0 Å². The van der Waals surface area contributed by atoms with Crippen LogP contribution in [0.15, 0.2) is 28.9 Å². The van der Waals surface area contributed by atoms with E-state index < -0.39 is 0 Å². The van der Waals surface area contributed by atoms with Gasteiger partial charge in [0, 0.05) is 43.0 Å². The molecule has 2 aliphatic rings. The van der Waals surface area contributed by atoms with Crippen LogP contribution in [0.2, 0.25) is 0 Å². The molecule has 0 bridgehead atoms. The standard InChI is InChI=1S/C23H30N4O2/c1-26-14-18(20-13-19(28-2)6-7-21(20)26)15-27-11-9-16(10-12-27)3-8-22-24-23(29-25-22)17-4-5-17/h6-7,13-14,16-17H,3-5,8-12,15H2,1-2H3. The van der Waals surface area contributed by atoms with Gasteiger partial charge in [0.15, 0.2) is 5.82 Å². The molecule has 1 aliphatic heterocycles. The normalized spacial score (nSPS) is 18.6. The van der Waals surface area contributed by atoms with E-state index in [-0.39, 0.29) is 0 Å². The minimum Gasteiger partial charge on any atom is -0.497 e. The Morgan fingerprint density at radius 3 is 2.76 bits per heavy atom. The van der Waals surface area contributed by atoms with Crippen LogP contribution in [-0.2, 0) is 20.0 Å². The van der Waals surface area contributed by atoms with E-state index in [0.29, 0.717) is 5.92 Å². The lowest BCUT2D eigenvalue weighted by Crippen LogP contribution is -2.33. The number of likely N-dealkylation sites (tertiary alicyclic amines) is 1. The van der Waals surface area contributed by atoms with Gasteiger partial charge in [-0.2, -0.15) is 4.98 Å². The van der Waals surface area contributed by atoms with E-state index in [4.69, 9.17) is 9.26 Å². The van der Waals surface area contributed by atoms with Gasteiger partial charge in [-0.25, -0.2) is 0 Å². The van der Waals surface area contributed by atoms with Crippen LogP contribution in [0.4, 0.5) is 0 Å². The average Bonchev–Trinajstić information content (AvgIpc) is 3.42. The van der Waals surface area contributed by atoms with Gasteiger partial charge in [-0.15, -0.1) is 0 Å². The highest BCUT2D eigenvalue weighted by atomic mass is 16.5. The summed E-state index contributed by atoms with van der Waals surface area (Å²) in [5, 5.41) is 5.47. The number of rotatable bonds is 7. The van der Waals surface area contributed by atoms with Gasteiger partial charge in [0.25, 0.3) is 0 Å². The van der Waals surface area contributed by atoms with Crippen LogP contribution in [0.25, 0.3) is 10.9 Å². The molecule has 3 aromatic rings. The smallest absolute Gasteiger partial charge is 0.229 e. The Morgan fingerprint density at radius 2 is 2.00 bits per heavy atom. The molecule has 0 N–H and O–H groups in total. The SMILES string of the molecule is COc1ccc2c(c1)c(CN1CCC(CCc3noc(C4CC4)n3)CC1)cn2C. The van der Waals surface area contributed by atoms with E-state index in [1.54, 1.807) is 7.11 Å². The number of hydrogen-bond acceptors (Lipinski definition) is 5. The van der Waals surface area contributed by atoms with Gasteiger partial charge in [-0.05, 0) is 74.9 Å². The van der Waals surface area contributed by atoms with Gasteiger partial charge in [0.1, 0.15) is 5.75 Å². The topological polar surface area (TPSA) is 56.3 Å². The minimum absolute atomic E-state index is 0.550. The Balaban J connectivity index is 1.15. The Hall–Kier alpha value is -2.34. The van der Waals surface area contributed by atoms with Crippen molar-refractivity contribution in [3.05, 3.63) is 41.7 Å². The second kappa shape index (κ2) is 7.82. The van der Waals surface area contributed by atoms with E-state index in [9.17, 15) is 0 Å². The van der Waals surface area contributed by atoms with Gasteiger partial charge in [-0.1, -0.05) is 5.16 Å². The lowest BCUT2D eigenvalue weighted by Gasteiger charge is -2.31. The molecule has 29 heavy (non-hydrogen) atoms. The number of methoxy groups -OCH3 is 1. The van der Waals surface area contributed by atoms with Crippen LogP contribution in [0.3, 0.4) is 0 Å². The fourth-order valence-corrected chi connectivity index (χ4v) is 4.58. The minimum atomic E-state index is 0.550. The lowest BCUT2D eigenvalue weighted by atomic mass is 9.92. The van der Waals surface area contributed by atoms with Crippen LogP contribution in [0.1, 0.15) is 55.3 Å². The molecule has 3 heterocycles. The molecular weight excluding hydrogens is 364 g/mol. The van der Waals surface area contributed by atoms with Crippen molar-refractivity contribution in [1.29, 1.82) is 0 Å². The van der Waals surface area contributed by atoms with Crippen molar-refractivity contribution in [1.82, 2.24) is 19.6 Å². The highest BCUT2D eigenvalue weighted by Crippen LogP contribution is 2.39. The van der Waals surface area contributed by atoms with Crippen molar-refractivity contribution < 1.29 is 9.26 Å². The molecule has 1 aliphatic carbocycles. The summed E-state index contributed by atoms with van der Waals surface area (Å²) in [7, 11) is 3.85. The zero-order valence-corrected chi connectivity index (χ0v) is 17.4. The molecule has 1 aromatic carbocycles. The van der Waals surface area contributed by atoms with Crippen LogP contribution in [-0.4, -0.2) is 39.8 Å². The average molecular weight is 395 g/mol. The quantitative estimate of drug-likeness (QED) is 0.598. The first kappa shape index (κ1) is 18.7. The third-order valence-corrected chi connectivity index (χ3v) is 6.57. The molecule has 0 unspecified atom stereocenters. The van der Waals surface area contributed by atoms with Crippen molar-refractivity contribution in [3.8, 4) is 5.75 Å². The molecule has 5 rings (SSSR count). The third kappa shape index (κ3) is 4.04. The summed E-state index contributed by atoms with van der Waals surface area (Å²) in [5.74, 6) is 4.01. The van der Waals surface area contributed by atoms with Crippen LogP contribution < -0.4 is 4.74 Å². The maximum absolute atomic E-state index is 5.43. The first-order valence-corrected chi connectivity index (χ1v) is 10.9. The van der Waals surface area contributed by atoms with Gasteiger partial charge in [0.2, 0.25) is 5.89 Å². The summed E-state index contributed by atoms with van der Waals surface area (Å²) in [6, 6.07) is 6.35. The van der Waals surface area contributed by atoms with Gasteiger partial charge >= 0.3 is 0 Å². The molecule has 6 heteroatoms. The highest BCUT2D eigenvalue weighted by Gasteiger charge is 2.29. The number of benzene rings is 1. The predicted molar refractivity (Wildman–Crippen MR) is 112 cm³/mol. The number of aryl methyl sites for hydroxylation is 2. The maximum atomic E-state index is 5.43. The highest BCUT2D eigenvalue weighted by molar-refractivity contribution is 5.85. The fourth-order valence-electron chi connectivity index (χ4n) is 4.58. The van der Waals surface area contributed by atoms with Crippen LogP contribution in [0.5, 0.6) is 5.75 Å². The van der Waals surface area contributed by atoms with Crippen molar-refractivity contribution >= 4 is 10.9 Å². The molecule has 1 saturated carbocycles. The van der Waals surface area contributed by atoms with E-state index in [2.05, 4.69) is 45.0 Å². The fraction of sp³-hybridized carbons (Fsp3) is 0.565. The van der Waals surface area contributed by atoms with Crippen molar-refractivity contribution in [3.63, 3.8) is 0 Å². The second-order valence-corrected chi connectivity index (χ2v) is 8.73. The Labute approximate surface area is 171 Å². The summed E-state index contributed by atoms with van der Waals surface area (Å²) in [5.41, 5.74) is 2.65. The number of aromatic nitrogens is 3. The van der Waals surface area contributed by atoms with Crippen LogP contribution in [0, 0.1) is 5.92 Å². The lowest BCUT2D eigenvalue weighted by molar-refractivity contribution is 0.172.